The van der Waals surface area contributed by atoms with Crippen LogP contribution < -0.4 is 14.8 Å². The van der Waals surface area contributed by atoms with Gasteiger partial charge in [-0.25, -0.2) is 0 Å². The smallest absolute Gasteiger partial charge is 0.225 e. The molecule has 1 rings (SSSR count). The number of carbonyl (C=O) groups excluding carboxylic acids is 1. The summed E-state index contributed by atoms with van der Waals surface area (Å²) in [6, 6.07) is 5.19. The molecule has 0 atom stereocenters. The van der Waals surface area contributed by atoms with E-state index in [1.165, 1.54) is 0 Å². The summed E-state index contributed by atoms with van der Waals surface area (Å²) in [5, 5.41) is 2.73. The molecule has 0 bridgehead atoms. The third-order valence-electron chi connectivity index (χ3n) is 2.18. The Kier molecular flexibility index (Phi) is 4.89. The SMILES string of the molecule is C#CCCC(=O)Nc1cc(OC)ccc1OC. The van der Waals surface area contributed by atoms with Crippen molar-refractivity contribution in [3.05, 3.63) is 18.2 Å². The molecule has 0 fully saturated rings. The highest BCUT2D eigenvalue weighted by Crippen LogP contribution is 2.28. The van der Waals surface area contributed by atoms with Crippen LogP contribution in [0, 0.1) is 12.3 Å². The van der Waals surface area contributed by atoms with Gasteiger partial charge in [0.2, 0.25) is 5.91 Å². The van der Waals surface area contributed by atoms with Gasteiger partial charge in [-0.3, -0.25) is 4.79 Å². The van der Waals surface area contributed by atoms with Crippen molar-refractivity contribution >= 4 is 11.6 Å². The molecule has 1 aromatic carbocycles. The van der Waals surface area contributed by atoms with Crippen LogP contribution in [0.1, 0.15) is 12.8 Å². The number of hydrogen-bond donors (Lipinski definition) is 1. The predicted octanol–water partition coefficient (Wildman–Crippen LogP) is 2.06. The molecule has 4 nitrogen and oxygen atoms in total. The van der Waals surface area contributed by atoms with E-state index in [1.54, 1.807) is 32.4 Å². The van der Waals surface area contributed by atoms with E-state index in [9.17, 15) is 4.79 Å². The van der Waals surface area contributed by atoms with E-state index in [1.807, 2.05) is 0 Å². The maximum atomic E-state index is 11.5. The van der Waals surface area contributed by atoms with Gasteiger partial charge in [-0.2, -0.15) is 0 Å². The number of nitrogens with one attached hydrogen (secondary N) is 1. The van der Waals surface area contributed by atoms with Crippen molar-refractivity contribution < 1.29 is 14.3 Å². The van der Waals surface area contributed by atoms with Crippen molar-refractivity contribution in [2.75, 3.05) is 19.5 Å². The van der Waals surface area contributed by atoms with Crippen LogP contribution in [0.3, 0.4) is 0 Å². The van der Waals surface area contributed by atoms with Gasteiger partial charge in [0.1, 0.15) is 11.5 Å². The molecular formula is C13H15NO3. The minimum absolute atomic E-state index is 0.144. The largest absolute Gasteiger partial charge is 0.497 e. The highest BCUT2D eigenvalue weighted by Gasteiger charge is 2.08. The Hall–Kier alpha value is -2.15. The lowest BCUT2D eigenvalue weighted by atomic mass is 10.2. The molecule has 0 aliphatic rings. The number of methoxy groups -OCH3 is 2. The first-order valence-corrected chi connectivity index (χ1v) is 5.16. The van der Waals surface area contributed by atoms with Crippen LogP contribution in [0.4, 0.5) is 5.69 Å². The van der Waals surface area contributed by atoms with Crippen molar-refractivity contribution in [3.8, 4) is 23.8 Å². The third kappa shape index (κ3) is 3.72. The Labute approximate surface area is 101 Å². The average molecular weight is 233 g/mol. The summed E-state index contributed by atoms with van der Waals surface area (Å²) in [5.74, 6) is 3.51. The maximum absolute atomic E-state index is 11.5. The summed E-state index contributed by atoms with van der Waals surface area (Å²) < 4.78 is 10.2. The van der Waals surface area contributed by atoms with E-state index in [0.29, 0.717) is 23.6 Å². The first-order valence-electron chi connectivity index (χ1n) is 5.16. The van der Waals surface area contributed by atoms with Gasteiger partial charge >= 0.3 is 0 Å². The molecule has 90 valence electrons. The number of benzene rings is 1. The van der Waals surface area contributed by atoms with Gasteiger partial charge in [-0.15, -0.1) is 12.3 Å². The molecular weight excluding hydrogens is 218 g/mol. The fourth-order valence-corrected chi connectivity index (χ4v) is 1.31. The number of terminal acetylenes is 1. The predicted molar refractivity (Wildman–Crippen MR) is 66.2 cm³/mol. The molecule has 0 aliphatic heterocycles. The molecule has 4 heteroatoms. The Balaban J connectivity index is 2.80. The van der Waals surface area contributed by atoms with E-state index in [-0.39, 0.29) is 12.3 Å². The second kappa shape index (κ2) is 6.44. The van der Waals surface area contributed by atoms with Crippen molar-refractivity contribution in [2.45, 2.75) is 12.8 Å². The fraction of sp³-hybridized carbons (Fsp3) is 0.308. The molecule has 1 amide bonds. The summed E-state index contributed by atoms with van der Waals surface area (Å²) >= 11 is 0. The minimum atomic E-state index is -0.144. The number of ether oxygens (including phenoxy) is 2. The molecule has 0 aromatic heterocycles. The van der Waals surface area contributed by atoms with Crippen LogP contribution in [0.15, 0.2) is 18.2 Å². The van der Waals surface area contributed by atoms with Gasteiger partial charge in [0.15, 0.2) is 0 Å². The number of carbonyl (C=O) groups is 1. The zero-order valence-electron chi connectivity index (χ0n) is 9.95. The minimum Gasteiger partial charge on any atom is -0.497 e. The quantitative estimate of drug-likeness (QED) is 0.792. The molecule has 0 heterocycles. The van der Waals surface area contributed by atoms with E-state index >= 15 is 0 Å². The van der Waals surface area contributed by atoms with Gasteiger partial charge in [0.05, 0.1) is 19.9 Å². The van der Waals surface area contributed by atoms with Crippen LogP contribution in [0.5, 0.6) is 11.5 Å². The summed E-state index contributed by atoms with van der Waals surface area (Å²) in [5.41, 5.74) is 0.578. The van der Waals surface area contributed by atoms with Crippen LogP contribution in [-0.2, 0) is 4.79 Å². The average Bonchev–Trinajstić information content (AvgIpc) is 2.36. The highest BCUT2D eigenvalue weighted by atomic mass is 16.5. The number of hydrogen-bond acceptors (Lipinski definition) is 3. The molecule has 0 unspecified atom stereocenters. The van der Waals surface area contributed by atoms with Crippen molar-refractivity contribution in [2.24, 2.45) is 0 Å². The number of rotatable bonds is 5. The normalized spacial score (nSPS) is 9.24. The third-order valence-corrected chi connectivity index (χ3v) is 2.18. The van der Waals surface area contributed by atoms with Gasteiger partial charge in [-0.1, -0.05) is 0 Å². The van der Waals surface area contributed by atoms with Crippen LogP contribution in [0.2, 0.25) is 0 Å². The zero-order chi connectivity index (χ0) is 12.7. The van der Waals surface area contributed by atoms with Crippen molar-refractivity contribution in [3.63, 3.8) is 0 Å². The Morgan fingerprint density at radius 1 is 1.41 bits per heavy atom. The number of anilines is 1. The Morgan fingerprint density at radius 2 is 2.18 bits per heavy atom. The molecule has 0 radical (unpaired) electrons. The fourth-order valence-electron chi connectivity index (χ4n) is 1.31. The van der Waals surface area contributed by atoms with Gasteiger partial charge in [-0.05, 0) is 12.1 Å². The van der Waals surface area contributed by atoms with Crippen molar-refractivity contribution in [1.29, 1.82) is 0 Å². The molecule has 0 saturated heterocycles. The molecule has 1 N–H and O–H groups in total. The number of amides is 1. The summed E-state index contributed by atoms with van der Waals surface area (Å²) in [7, 11) is 3.10. The topological polar surface area (TPSA) is 47.6 Å². The summed E-state index contributed by atoms with van der Waals surface area (Å²) in [6.07, 6.45) is 5.80. The highest BCUT2D eigenvalue weighted by molar-refractivity contribution is 5.92. The lowest BCUT2D eigenvalue weighted by Gasteiger charge is -2.11. The first-order chi connectivity index (χ1) is 8.21. The van der Waals surface area contributed by atoms with Crippen LogP contribution in [0.25, 0.3) is 0 Å². The Morgan fingerprint density at radius 3 is 2.76 bits per heavy atom. The second-order valence-corrected chi connectivity index (χ2v) is 3.32. The molecule has 0 aliphatic carbocycles. The molecule has 17 heavy (non-hydrogen) atoms. The van der Waals surface area contributed by atoms with Gasteiger partial charge in [0, 0.05) is 18.9 Å². The van der Waals surface area contributed by atoms with E-state index in [2.05, 4.69) is 11.2 Å². The van der Waals surface area contributed by atoms with Gasteiger partial charge in [0.25, 0.3) is 0 Å². The van der Waals surface area contributed by atoms with E-state index in [4.69, 9.17) is 15.9 Å². The van der Waals surface area contributed by atoms with E-state index < -0.39 is 0 Å². The second-order valence-electron chi connectivity index (χ2n) is 3.32. The molecule has 0 spiro atoms. The summed E-state index contributed by atoms with van der Waals surface area (Å²) in [4.78, 5) is 11.5. The standard InChI is InChI=1S/C13H15NO3/c1-4-5-6-13(15)14-11-9-10(16-2)7-8-12(11)17-3/h1,7-9H,5-6H2,2-3H3,(H,14,15). The van der Waals surface area contributed by atoms with Crippen LogP contribution >= 0.6 is 0 Å². The monoisotopic (exact) mass is 233 g/mol. The van der Waals surface area contributed by atoms with E-state index in [0.717, 1.165) is 0 Å². The molecule has 1 aromatic rings. The zero-order valence-corrected chi connectivity index (χ0v) is 9.95. The van der Waals surface area contributed by atoms with Gasteiger partial charge < -0.3 is 14.8 Å². The first kappa shape index (κ1) is 12.9. The molecule has 0 saturated carbocycles. The maximum Gasteiger partial charge on any atom is 0.225 e. The lowest BCUT2D eigenvalue weighted by molar-refractivity contribution is -0.116. The Bertz CT molecular complexity index is 435. The lowest BCUT2D eigenvalue weighted by Crippen LogP contribution is -2.11. The summed E-state index contributed by atoms with van der Waals surface area (Å²) in [6.45, 7) is 0. The van der Waals surface area contributed by atoms with Crippen molar-refractivity contribution in [1.82, 2.24) is 0 Å². The van der Waals surface area contributed by atoms with Crippen LogP contribution in [-0.4, -0.2) is 20.1 Å².